The molecule has 0 unspecified atom stereocenters. The van der Waals surface area contributed by atoms with Crippen LogP contribution in [-0.2, 0) is 0 Å². The van der Waals surface area contributed by atoms with E-state index >= 15 is 0 Å². The predicted octanol–water partition coefficient (Wildman–Crippen LogP) is 3.58. The van der Waals surface area contributed by atoms with Crippen LogP contribution in [-0.4, -0.2) is 11.4 Å². The van der Waals surface area contributed by atoms with Crippen molar-refractivity contribution in [3.8, 4) is 0 Å². The molecule has 0 aliphatic heterocycles. The number of allylic oxidation sites excluding steroid dienone is 2. The maximum atomic E-state index is 5.71. The second kappa shape index (κ2) is 5.09. The van der Waals surface area contributed by atoms with Crippen LogP contribution in [0, 0.1) is 28.6 Å². The van der Waals surface area contributed by atoms with Crippen molar-refractivity contribution in [1.82, 2.24) is 0 Å². The van der Waals surface area contributed by atoms with E-state index in [1.54, 1.807) is 5.57 Å². The Hall–Kier alpha value is -1.32. The molecule has 0 saturated heterocycles. The van der Waals surface area contributed by atoms with Crippen molar-refractivity contribution < 1.29 is 0 Å². The van der Waals surface area contributed by atoms with Crippen LogP contribution in [0.2, 0.25) is 0 Å². The van der Waals surface area contributed by atoms with Crippen LogP contribution in [0.4, 0.5) is 0 Å². The molecule has 0 aromatic rings. The quantitative estimate of drug-likeness (QED) is 0.529. The van der Waals surface area contributed by atoms with E-state index in [0.29, 0.717) is 5.41 Å². The second-order valence-corrected chi connectivity index (χ2v) is 8.69. The van der Waals surface area contributed by atoms with E-state index in [4.69, 9.17) is 11.7 Å². The van der Waals surface area contributed by atoms with Crippen molar-refractivity contribution >= 4 is 11.4 Å². The molecule has 0 bridgehead atoms. The summed E-state index contributed by atoms with van der Waals surface area (Å²) in [5.41, 5.74) is 4.62. The fourth-order valence-corrected chi connectivity index (χ4v) is 6.67. The van der Waals surface area contributed by atoms with Crippen LogP contribution < -0.4 is 11.7 Å². The molecule has 0 aromatic carbocycles. The minimum absolute atomic E-state index is 0.270. The average Bonchev–Trinajstić information content (AvgIpc) is 2.90. The Kier molecular flexibility index (Phi) is 3.37. The van der Waals surface area contributed by atoms with E-state index in [1.165, 1.54) is 44.2 Å². The molecule has 4 N–H and O–H groups in total. The van der Waals surface area contributed by atoms with Gasteiger partial charge in [0, 0.05) is 11.1 Å². The van der Waals surface area contributed by atoms with Crippen LogP contribution in [0.3, 0.4) is 0 Å². The maximum absolute atomic E-state index is 5.71. The summed E-state index contributed by atoms with van der Waals surface area (Å²) in [5.74, 6) is 13.7. The van der Waals surface area contributed by atoms with Gasteiger partial charge in [-0.3, -0.25) is 0 Å². The lowest BCUT2D eigenvalue weighted by Crippen LogP contribution is -2.50. The van der Waals surface area contributed by atoms with Gasteiger partial charge in [-0.15, -0.1) is 0 Å². The highest BCUT2D eigenvalue weighted by Crippen LogP contribution is 2.64. The maximum Gasteiger partial charge on any atom is 0.0600 e. The fourth-order valence-electron chi connectivity index (χ4n) is 6.67. The average molecular weight is 314 g/mol. The molecule has 4 aliphatic carbocycles. The first-order valence-corrected chi connectivity index (χ1v) is 9.28. The fraction of sp³-hybridized carbons (Fsp3) is 0.789. The number of fused-ring (bicyclic) bond motifs is 5. The Morgan fingerprint density at radius 3 is 2.43 bits per heavy atom. The highest BCUT2D eigenvalue weighted by Gasteiger charge is 2.58. The lowest BCUT2D eigenvalue weighted by molar-refractivity contribution is -0.0154. The van der Waals surface area contributed by atoms with Gasteiger partial charge in [0.15, 0.2) is 0 Å². The number of nitrogens with zero attached hydrogens (tertiary/aromatic N) is 2. The van der Waals surface area contributed by atoms with E-state index in [1.807, 2.05) is 0 Å². The summed E-state index contributed by atoms with van der Waals surface area (Å²) in [6, 6.07) is 0. The second-order valence-electron chi connectivity index (χ2n) is 8.69. The Morgan fingerprint density at radius 2 is 1.70 bits per heavy atom. The van der Waals surface area contributed by atoms with E-state index in [-0.39, 0.29) is 5.41 Å². The molecule has 0 spiro atoms. The van der Waals surface area contributed by atoms with Gasteiger partial charge in [-0.25, -0.2) is 0 Å². The van der Waals surface area contributed by atoms with E-state index in [2.05, 4.69) is 30.1 Å². The van der Waals surface area contributed by atoms with E-state index < -0.39 is 0 Å². The largest absolute Gasteiger partial charge is 0.323 e. The Morgan fingerprint density at radius 1 is 0.913 bits per heavy atom. The molecule has 4 heteroatoms. The zero-order chi connectivity index (χ0) is 16.2. The molecular weight excluding hydrogens is 284 g/mol. The molecule has 4 aliphatic rings. The number of nitrogens with two attached hydrogens (primary N) is 2. The third kappa shape index (κ3) is 1.96. The smallest absolute Gasteiger partial charge is 0.0600 e. The first-order chi connectivity index (χ1) is 11.0. The number of hydrogen-bond acceptors (Lipinski definition) is 4. The van der Waals surface area contributed by atoms with Gasteiger partial charge in [0.2, 0.25) is 0 Å². The molecular formula is C19H30N4. The summed E-state index contributed by atoms with van der Waals surface area (Å²) >= 11 is 0. The Balaban J connectivity index is 1.68. The number of hydrazone groups is 2. The van der Waals surface area contributed by atoms with Gasteiger partial charge in [-0.05, 0) is 80.6 Å². The normalized spacial score (nSPS) is 49.5. The molecule has 3 saturated carbocycles. The third-order valence-corrected chi connectivity index (χ3v) is 8.04. The zero-order valence-electron chi connectivity index (χ0n) is 14.5. The van der Waals surface area contributed by atoms with Gasteiger partial charge in [-0.1, -0.05) is 19.4 Å². The predicted molar refractivity (Wildman–Crippen MR) is 94.9 cm³/mol. The van der Waals surface area contributed by atoms with Gasteiger partial charge in [-0.2, -0.15) is 10.2 Å². The molecule has 3 fully saturated rings. The van der Waals surface area contributed by atoms with E-state index in [9.17, 15) is 0 Å². The molecule has 4 nitrogen and oxygen atoms in total. The summed E-state index contributed by atoms with van der Waals surface area (Å²) < 4.78 is 0. The van der Waals surface area contributed by atoms with Crippen LogP contribution in [0.5, 0.6) is 0 Å². The van der Waals surface area contributed by atoms with Crippen molar-refractivity contribution in [2.24, 2.45) is 50.5 Å². The molecule has 126 valence electrons. The molecule has 0 heterocycles. The van der Waals surface area contributed by atoms with Crippen LogP contribution in [0.1, 0.15) is 65.2 Å². The lowest BCUT2D eigenvalue weighted by Gasteiger charge is -2.57. The minimum Gasteiger partial charge on any atom is -0.323 e. The summed E-state index contributed by atoms with van der Waals surface area (Å²) in [6.45, 7) is 4.94. The monoisotopic (exact) mass is 314 g/mol. The topological polar surface area (TPSA) is 76.8 Å². The van der Waals surface area contributed by atoms with Gasteiger partial charge in [0.05, 0.1) is 5.71 Å². The van der Waals surface area contributed by atoms with Crippen molar-refractivity contribution in [3.05, 3.63) is 11.6 Å². The zero-order valence-corrected chi connectivity index (χ0v) is 14.5. The highest BCUT2D eigenvalue weighted by atomic mass is 15.1. The lowest BCUT2D eigenvalue weighted by atomic mass is 9.47. The van der Waals surface area contributed by atoms with Crippen molar-refractivity contribution in [3.63, 3.8) is 0 Å². The van der Waals surface area contributed by atoms with Crippen molar-refractivity contribution in [2.75, 3.05) is 0 Å². The van der Waals surface area contributed by atoms with Crippen molar-refractivity contribution in [1.29, 1.82) is 0 Å². The Bertz CT molecular complexity index is 604. The first kappa shape index (κ1) is 15.2. The number of rotatable bonds is 0. The van der Waals surface area contributed by atoms with Gasteiger partial charge < -0.3 is 11.7 Å². The van der Waals surface area contributed by atoms with E-state index in [0.717, 1.165) is 36.3 Å². The molecule has 23 heavy (non-hydrogen) atoms. The van der Waals surface area contributed by atoms with Crippen molar-refractivity contribution in [2.45, 2.75) is 65.2 Å². The molecule has 4 rings (SSSR count). The summed E-state index contributed by atoms with van der Waals surface area (Å²) in [5, 5.41) is 8.15. The first-order valence-electron chi connectivity index (χ1n) is 9.28. The molecule has 5 atom stereocenters. The van der Waals surface area contributed by atoms with Gasteiger partial charge in [0.25, 0.3) is 0 Å². The SMILES string of the molecule is C[C@]12CC/C(=N\N)C=C1CC[C@H]1[C@H]2CC[C@]2(C)/C(=N/N)CC[C@@H]12. The number of hydrogen-bond donors (Lipinski definition) is 2. The third-order valence-electron chi connectivity index (χ3n) is 8.04. The molecule has 0 amide bonds. The van der Waals surface area contributed by atoms with Crippen LogP contribution in [0.25, 0.3) is 0 Å². The molecule has 0 aromatic heterocycles. The standard InChI is InChI=1S/C19H30N4/c1-18-9-7-13(22-20)11-12(18)3-4-14-15-5-6-17(23-21)19(15,2)10-8-16(14)18/h11,14-16H,3-10,20-21H2,1-2H3/b22-13+,23-17+/t14-,15+,16-,18+,19+/m1/s1. The van der Waals surface area contributed by atoms with Gasteiger partial charge in [0.1, 0.15) is 0 Å². The summed E-state index contributed by atoms with van der Waals surface area (Å²) in [4.78, 5) is 0. The summed E-state index contributed by atoms with van der Waals surface area (Å²) in [7, 11) is 0. The summed E-state index contributed by atoms with van der Waals surface area (Å²) in [6.07, 6.45) is 12.1. The molecule has 0 radical (unpaired) electrons. The van der Waals surface area contributed by atoms with Crippen LogP contribution >= 0.6 is 0 Å². The Labute approximate surface area is 139 Å². The van der Waals surface area contributed by atoms with Gasteiger partial charge >= 0.3 is 0 Å². The minimum atomic E-state index is 0.270. The highest BCUT2D eigenvalue weighted by molar-refractivity contribution is 5.96. The van der Waals surface area contributed by atoms with Crippen LogP contribution in [0.15, 0.2) is 21.9 Å².